The number of halogens is 1. The molecule has 1 fully saturated rings. The van der Waals surface area contributed by atoms with E-state index in [-0.39, 0.29) is 5.92 Å². The van der Waals surface area contributed by atoms with Crippen molar-refractivity contribution in [2.75, 3.05) is 7.11 Å². The third-order valence-electron chi connectivity index (χ3n) is 4.19. The van der Waals surface area contributed by atoms with Gasteiger partial charge in [-0.1, -0.05) is 25.3 Å². The molecule has 0 aliphatic heterocycles. The highest BCUT2D eigenvalue weighted by molar-refractivity contribution is 9.10. The molecule has 1 saturated carbocycles. The molecule has 0 heterocycles. The summed E-state index contributed by atoms with van der Waals surface area (Å²) >= 11 is 3.44. The number of methoxy groups -OCH3 is 1. The number of rotatable bonds is 5. The summed E-state index contributed by atoms with van der Waals surface area (Å²) < 4.78 is 6.06. The first-order valence-electron chi connectivity index (χ1n) is 7.30. The molecule has 2 atom stereocenters. The molecule has 4 heteroatoms. The first kappa shape index (κ1) is 15.8. The largest absolute Gasteiger partial charge is 0.496 e. The Morgan fingerprint density at radius 2 is 1.95 bits per heavy atom. The topological polar surface area (TPSA) is 49.7 Å². The smallest absolute Gasteiger partial charge is 0.133 e. The standard InChI is InChI=1S/C16H23BrO3/c1-20-15-8-7-11(9-13(15)17)10-14(18)16(19)12-5-3-2-4-6-12/h7-9,12,14,16,18-19H,2-6,10H2,1H3. The third-order valence-corrected chi connectivity index (χ3v) is 4.81. The van der Waals surface area contributed by atoms with Crippen LogP contribution in [0.15, 0.2) is 22.7 Å². The van der Waals surface area contributed by atoms with Gasteiger partial charge in [-0.25, -0.2) is 0 Å². The zero-order valence-electron chi connectivity index (χ0n) is 11.9. The lowest BCUT2D eigenvalue weighted by atomic mass is 9.82. The third kappa shape index (κ3) is 3.96. The van der Waals surface area contributed by atoms with E-state index in [9.17, 15) is 10.2 Å². The molecule has 0 radical (unpaired) electrons. The average Bonchev–Trinajstić information content (AvgIpc) is 2.47. The predicted octanol–water partition coefficient (Wildman–Crippen LogP) is 3.30. The second kappa shape index (κ2) is 7.43. The lowest BCUT2D eigenvalue weighted by Gasteiger charge is -2.29. The van der Waals surface area contributed by atoms with Crippen LogP contribution in [0.2, 0.25) is 0 Å². The Kier molecular flexibility index (Phi) is 5.87. The molecular weight excluding hydrogens is 320 g/mol. The van der Waals surface area contributed by atoms with Crippen LogP contribution in [0, 0.1) is 5.92 Å². The van der Waals surface area contributed by atoms with Crippen molar-refractivity contribution in [2.45, 2.75) is 50.7 Å². The summed E-state index contributed by atoms with van der Waals surface area (Å²) in [6, 6.07) is 5.75. The van der Waals surface area contributed by atoms with Gasteiger partial charge in [-0.15, -0.1) is 0 Å². The first-order chi connectivity index (χ1) is 9.61. The van der Waals surface area contributed by atoms with Crippen molar-refractivity contribution in [1.29, 1.82) is 0 Å². The Hall–Kier alpha value is -0.580. The molecule has 2 rings (SSSR count). The number of aliphatic hydroxyl groups is 2. The van der Waals surface area contributed by atoms with Gasteiger partial charge in [0.15, 0.2) is 0 Å². The molecule has 1 aromatic carbocycles. The fourth-order valence-electron chi connectivity index (χ4n) is 2.99. The molecule has 1 aliphatic rings. The molecule has 3 nitrogen and oxygen atoms in total. The van der Waals surface area contributed by atoms with Crippen molar-refractivity contribution in [3.8, 4) is 5.75 Å². The highest BCUT2D eigenvalue weighted by Crippen LogP contribution is 2.30. The summed E-state index contributed by atoms with van der Waals surface area (Å²) in [6.45, 7) is 0. The predicted molar refractivity (Wildman–Crippen MR) is 83.0 cm³/mol. The summed E-state index contributed by atoms with van der Waals surface area (Å²) in [5, 5.41) is 20.5. The lowest BCUT2D eigenvalue weighted by Crippen LogP contribution is -2.36. The Morgan fingerprint density at radius 1 is 1.25 bits per heavy atom. The molecule has 2 N–H and O–H groups in total. The van der Waals surface area contributed by atoms with E-state index in [1.165, 1.54) is 19.3 Å². The summed E-state index contributed by atoms with van der Waals surface area (Å²) in [5.74, 6) is 1.02. The lowest BCUT2D eigenvalue weighted by molar-refractivity contribution is -0.0263. The normalized spacial score (nSPS) is 19.6. The summed E-state index contributed by atoms with van der Waals surface area (Å²) in [4.78, 5) is 0. The Labute approximate surface area is 129 Å². The molecule has 1 aliphatic carbocycles. The maximum Gasteiger partial charge on any atom is 0.133 e. The van der Waals surface area contributed by atoms with E-state index in [4.69, 9.17) is 4.74 Å². The molecule has 0 saturated heterocycles. The molecule has 0 aromatic heterocycles. The van der Waals surface area contributed by atoms with E-state index < -0.39 is 12.2 Å². The molecule has 1 aromatic rings. The second-order valence-corrected chi connectivity index (χ2v) is 6.48. The fraction of sp³-hybridized carbons (Fsp3) is 0.625. The summed E-state index contributed by atoms with van der Waals surface area (Å²) in [7, 11) is 1.63. The highest BCUT2D eigenvalue weighted by Gasteiger charge is 2.27. The number of hydrogen-bond donors (Lipinski definition) is 2. The van der Waals surface area contributed by atoms with Crippen molar-refractivity contribution in [2.24, 2.45) is 5.92 Å². The van der Waals surface area contributed by atoms with Crippen LogP contribution in [-0.2, 0) is 6.42 Å². The molecule has 0 bridgehead atoms. The molecule has 0 spiro atoms. The van der Waals surface area contributed by atoms with Crippen LogP contribution < -0.4 is 4.74 Å². The number of aliphatic hydroxyl groups excluding tert-OH is 2. The van der Waals surface area contributed by atoms with Gasteiger partial charge in [0.2, 0.25) is 0 Å². The van der Waals surface area contributed by atoms with Crippen molar-refractivity contribution in [3.63, 3.8) is 0 Å². The first-order valence-corrected chi connectivity index (χ1v) is 8.09. The Bertz CT molecular complexity index is 430. The maximum atomic E-state index is 10.3. The van der Waals surface area contributed by atoms with Crippen LogP contribution >= 0.6 is 15.9 Å². The zero-order chi connectivity index (χ0) is 14.5. The van der Waals surface area contributed by atoms with E-state index >= 15 is 0 Å². The van der Waals surface area contributed by atoms with Gasteiger partial charge in [0.05, 0.1) is 23.8 Å². The quantitative estimate of drug-likeness (QED) is 0.863. The van der Waals surface area contributed by atoms with E-state index in [1.807, 2.05) is 18.2 Å². The van der Waals surface area contributed by atoms with Crippen molar-refractivity contribution >= 4 is 15.9 Å². The van der Waals surface area contributed by atoms with Gasteiger partial charge < -0.3 is 14.9 Å². The minimum Gasteiger partial charge on any atom is -0.496 e. The van der Waals surface area contributed by atoms with Crippen LogP contribution in [0.25, 0.3) is 0 Å². The molecule has 112 valence electrons. The van der Waals surface area contributed by atoms with Crippen LogP contribution in [0.3, 0.4) is 0 Å². The van der Waals surface area contributed by atoms with Crippen LogP contribution in [-0.4, -0.2) is 29.5 Å². The number of hydrogen-bond acceptors (Lipinski definition) is 3. The van der Waals surface area contributed by atoms with E-state index in [0.717, 1.165) is 28.6 Å². The number of ether oxygens (including phenoxy) is 1. The summed E-state index contributed by atoms with van der Waals surface area (Å²) in [5.41, 5.74) is 1.00. The van der Waals surface area contributed by atoms with E-state index in [2.05, 4.69) is 15.9 Å². The van der Waals surface area contributed by atoms with Gasteiger partial charge >= 0.3 is 0 Å². The minimum absolute atomic E-state index is 0.250. The Morgan fingerprint density at radius 3 is 2.55 bits per heavy atom. The fourth-order valence-corrected chi connectivity index (χ4v) is 3.58. The van der Waals surface area contributed by atoms with Gasteiger partial charge in [0.25, 0.3) is 0 Å². The van der Waals surface area contributed by atoms with Gasteiger partial charge in [-0.2, -0.15) is 0 Å². The Balaban J connectivity index is 1.96. The van der Waals surface area contributed by atoms with Crippen LogP contribution in [0.1, 0.15) is 37.7 Å². The maximum absolute atomic E-state index is 10.3. The van der Waals surface area contributed by atoms with Gasteiger partial charge in [-0.3, -0.25) is 0 Å². The van der Waals surface area contributed by atoms with Gasteiger partial charge in [0, 0.05) is 6.42 Å². The van der Waals surface area contributed by atoms with E-state index in [1.54, 1.807) is 7.11 Å². The molecule has 20 heavy (non-hydrogen) atoms. The van der Waals surface area contributed by atoms with Gasteiger partial charge in [-0.05, 0) is 52.4 Å². The van der Waals surface area contributed by atoms with Crippen molar-refractivity contribution in [3.05, 3.63) is 28.2 Å². The van der Waals surface area contributed by atoms with Crippen molar-refractivity contribution < 1.29 is 14.9 Å². The average molecular weight is 343 g/mol. The monoisotopic (exact) mass is 342 g/mol. The van der Waals surface area contributed by atoms with Crippen molar-refractivity contribution in [1.82, 2.24) is 0 Å². The minimum atomic E-state index is -0.696. The van der Waals surface area contributed by atoms with Crippen LogP contribution in [0.4, 0.5) is 0 Å². The SMILES string of the molecule is COc1ccc(CC(O)C(O)C2CCCCC2)cc1Br. The summed E-state index contributed by atoms with van der Waals surface area (Å²) in [6.07, 6.45) is 4.82. The number of benzene rings is 1. The zero-order valence-corrected chi connectivity index (χ0v) is 13.5. The molecule has 0 amide bonds. The van der Waals surface area contributed by atoms with E-state index in [0.29, 0.717) is 6.42 Å². The molecule has 2 unspecified atom stereocenters. The van der Waals surface area contributed by atoms with Gasteiger partial charge in [0.1, 0.15) is 5.75 Å². The van der Waals surface area contributed by atoms with Crippen LogP contribution in [0.5, 0.6) is 5.75 Å². The highest BCUT2D eigenvalue weighted by atomic mass is 79.9. The molecular formula is C16H23BrO3. The second-order valence-electron chi connectivity index (χ2n) is 5.63.